The number of nitrogens with one attached hydrogen (secondary N) is 1. The molecule has 1 saturated heterocycles. The first kappa shape index (κ1) is 14.9. The predicted octanol–water partition coefficient (Wildman–Crippen LogP) is 1.90. The van der Waals surface area contributed by atoms with Crippen molar-refractivity contribution >= 4 is 34.4 Å². The third kappa shape index (κ3) is 2.44. The van der Waals surface area contributed by atoms with Crippen LogP contribution in [0.5, 0.6) is 0 Å². The van der Waals surface area contributed by atoms with Gasteiger partial charge in [-0.25, -0.2) is 0 Å². The standard InChI is InChI=1S/C15H16ClN3O3/c16-8-3-4-11-9(6-8)10(7-18-11)13(15(21)22)19-5-1-2-12(19)14(17)20/h3-4,6-7,12-13,18H,1-2,5H2,(H2,17,20)(H,21,22)/t12-,13+/m1/s1. The Labute approximate surface area is 131 Å². The van der Waals surface area contributed by atoms with E-state index < -0.39 is 24.0 Å². The number of carbonyl (C=O) groups is 2. The minimum Gasteiger partial charge on any atom is -0.480 e. The second kappa shape index (κ2) is 5.62. The molecule has 0 spiro atoms. The molecule has 2 heterocycles. The summed E-state index contributed by atoms with van der Waals surface area (Å²) >= 11 is 6.02. The molecule has 116 valence electrons. The number of aromatic nitrogens is 1. The van der Waals surface area contributed by atoms with Gasteiger partial charge in [0.15, 0.2) is 0 Å². The number of rotatable bonds is 4. The van der Waals surface area contributed by atoms with Crippen molar-refractivity contribution in [3.05, 3.63) is 35.0 Å². The predicted molar refractivity (Wildman–Crippen MR) is 82.6 cm³/mol. The number of carboxylic acids is 1. The maximum absolute atomic E-state index is 11.8. The van der Waals surface area contributed by atoms with Crippen molar-refractivity contribution in [1.29, 1.82) is 0 Å². The zero-order valence-electron chi connectivity index (χ0n) is 11.8. The number of amides is 1. The maximum atomic E-state index is 11.8. The number of nitrogens with two attached hydrogens (primary N) is 1. The van der Waals surface area contributed by atoms with Gasteiger partial charge in [-0.15, -0.1) is 0 Å². The third-order valence-corrected chi connectivity index (χ3v) is 4.39. The van der Waals surface area contributed by atoms with Crippen LogP contribution in [0, 0.1) is 0 Å². The average molecular weight is 322 g/mol. The second-order valence-electron chi connectivity index (χ2n) is 5.47. The van der Waals surface area contributed by atoms with Crippen LogP contribution in [0.25, 0.3) is 10.9 Å². The normalized spacial score (nSPS) is 20.3. The van der Waals surface area contributed by atoms with Gasteiger partial charge in [0.2, 0.25) is 5.91 Å². The quantitative estimate of drug-likeness (QED) is 0.800. The van der Waals surface area contributed by atoms with Crippen molar-refractivity contribution in [2.75, 3.05) is 6.54 Å². The number of halogens is 1. The van der Waals surface area contributed by atoms with Crippen molar-refractivity contribution in [1.82, 2.24) is 9.88 Å². The fraction of sp³-hybridized carbons (Fsp3) is 0.333. The van der Waals surface area contributed by atoms with Crippen molar-refractivity contribution < 1.29 is 14.7 Å². The minimum atomic E-state index is -1.01. The summed E-state index contributed by atoms with van der Waals surface area (Å²) in [4.78, 5) is 28.1. The van der Waals surface area contributed by atoms with Crippen molar-refractivity contribution in [2.45, 2.75) is 24.9 Å². The lowest BCUT2D eigenvalue weighted by atomic mass is 10.0. The Morgan fingerprint density at radius 2 is 2.23 bits per heavy atom. The zero-order valence-corrected chi connectivity index (χ0v) is 12.5. The first-order valence-electron chi connectivity index (χ1n) is 7.03. The summed E-state index contributed by atoms with van der Waals surface area (Å²) in [7, 11) is 0. The summed E-state index contributed by atoms with van der Waals surface area (Å²) in [5.74, 6) is -1.49. The smallest absolute Gasteiger partial charge is 0.325 e. The molecule has 2 atom stereocenters. The highest BCUT2D eigenvalue weighted by Gasteiger charge is 2.39. The highest BCUT2D eigenvalue weighted by atomic mass is 35.5. The van der Waals surface area contributed by atoms with E-state index in [1.165, 1.54) is 0 Å². The van der Waals surface area contributed by atoms with E-state index in [0.29, 0.717) is 23.6 Å². The number of carboxylic acid groups (broad SMARTS) is 1. The van der Waals surface area contributed by atoms with Crippen LogP contribution in [0.15, 0.2) is 24.4 Å². The molecule has 4 N–H and O–H groups in total. The first-order valence-corrected chi connectivity index (χ1v) is 7.41. The summed E-state index contributed by atoms with van der Waals surface area (Å²) < 4.78 is 0. The largest absolute Gasteiger partial charge is 0.480 e. The summed E-state index contributed by atoms with van der Waals surface area (Å²) in [6.07, 6.45) is 3.00. The average Bonchev–Trinajstić information content (AvgIpc) is 3.07. The number of likely N-dealkylation sites (tertiary alicyclic amines) is 1. The molecule has 0 unspecified atom stereocenters. The number of primary amides is 1. The van der Waals surface area contributed by atoms with Gasteiger partial charge in [0.1, 0.15) is 6.04 Å². The molecular weight excluding hydrogens is 306 g/mol. The molecule has 7 heteroatoms. The molecule has 22 heavy (non-hydrogen) atoms. The highest BCUT2D eigenvalue weighted by Crippen LogP contribution is 2.34. The molecule has 1 aromatic carbocycles. The van der Waals surface area contributed by atoms with Crippen LogP contribution in [0.4, 0.5) is 0 Å². The lowest BCUT2D eigenvalue weighted by Crippen LogP contribution is -2.44. The van der Waals surface area contributed by atoms with Crippen LogP contribution in [0.2, 0.25) is 5.02 Å². The van der Waals surface area contributed by atoms with Gasteiger partial charge in [0.25, 0.3) is 0 Å². The Bertz CT molecular complexity index is 743. The van der Waals surface area contributed by atoms with Crippen molar-refractivity contribution in [3.8, 4) is 0 Å². The molecule has 1 aromatic heterocycles. The van der Waals surface area contributed by atoms with Crippen molar-refractivity contribution in [2.24, 2.45) is 5.73 Å². The van der Waals surface area contributed by atoms with Gasteiger partial charge in [-0.1, -0.05) is 11.6 Å². The summed E-state index contributed by atoms with van der Waals surface area (Å²) in [6, 6.07) is 3.79. The molecule has 1 amide bonds. The number of H-pyrrole nitrogens is 1. The lowest BCUT2D eigenvalue weighted by Gasteiger charge is -2.28. The maximum Gasteiger partial charge on any atom is 0.325 e. The number of carbonyl (C=O) groups excluding carboxylic acids is 1. The van der Waals surface area contributed by atoms with Crippen LogP contribution >= 0.6 is 11.6 Å². The fourth-order valence-electron chi connectivity index (χ4n) is 3.20. The summed E-state index contributed by atoms with van der Waals surface area (Å²) in [5.41, 5.74) is 6.82. The topological polar surface area (TPSA) is 99.4 Å². The van der Waals surface area contributed by atoms with E-state index in [9.17, 15) is 14.7 Å². The van der Waals surface area contributed by atoms with E-state index in [0.717, 1.165) is 17.3 Å². The molecule has 1 aliphatic heterocycles. The minimum absolute atomic E-state index is 0.485. The molecule has 0 saturated carbocycles. The molecular formula is C15H16ClN3O3. The lowest BCUT2D eigenvalue weighted by molar-refractivity contribution is -0.144. The summed E-state index contributed by atoms with van der Waals surface area (Å²) in [5, 5.41) is 11.0. The number of hydrogen-bond acceptors (Lipinski definition) is 3. The van der Waals surface area contributed by atoms with Gasteiger partial charge in [0.05, 0.1) is 6.04 Å². The highest BCUT2D eigenvalue weighted by molar-refractivity contribution is 6.31. The number of fused-ring (bicyclic) bond motifs is 1. The van der Waals surface area contributed by atoms with Gasteiger partial charge < -0.3 is 15.8 Å². The van der Waals surface area contributed by atoms with Gasteiger partial charge in [-0.3, -0.25) is 14.5 Å². The summed E-state index contributed by atoms with van der Waals surface area (Å²) in [6.45, 7) is 0.526. The number of nitrogens with zero attached hydrogens (tertiary/aromatic N) is 1. The molecule has 0 bridgehead atoms. The Hall–Kier alpha value is -2.05. The van der Waals surface area contributed by atoms with Gasteiger partial charge in [-0.05, 0) is 31.0 Å². The molecule has 3 rings (SSSR count). The molecule has 1 aliphatic rings. The second-order valence-corrected chi connectivity index (χ2v) is 5.91. The van der Waals surface area contributed by atoms with E-state index in [-0.39, 0.29) is 0 Å². The number of aliphatic carboxylic acids is 1. The molecule has 1 fully saturated rings. The molecule has 0 radical (unpaired) electrons. The van der Waals surface area contributed by atoms with E-state index >= 15 is 0 Å². The Morgan fingerprint density at radius 3 is 2.91 bits per heavy atom. The molecule has 0 aliphatic carbocycles. The zero-order chi connectivity index (χ0) is 15.9. The molecule has 6 nitrogen and oxygen atoms in total. The number of benzene rings is 1. The van der Waals surface area contributed by atoms with E-state index in [2.05, 4.69) is 4.98 Å². The van der Waals surface area contributed by atoms with E-state index in [4.69, 9.17) is 17.3 Å². The first-order chi connectivity index (χ1) is 10.5. The monoisotopic (exact) mass is 321 g/mol. The van der Waals surface area contributed by atoms with Crippen molar-refractivity contribution in [3.63, 3.8) is 0 Å². The Balaban J connectivity index is 2.09. The van der Waals surface area contributed by atoms with Crippen LogP contribution in [0.3, 0.4) is 0 Å². The number of hydrogen-bond donors (Lipinski definition) is 3. The van der Waals surface area contributed by atoms with Gasteiger partial charge in [-0.2, -0.15) is 0 Å². The number of aromatic amines is 1. The van der Waals surface area contributed by atoms with Crippen LogP contribution in [-0.2, 0) is 9.59 Å². The molecule has 2 aromatic rings. The van der Waals surface area contributed by atoms with Gasteiger partial charge in [0, 0.05) is 34.2 Å². The van der Waals surface area contributed by atoms with E-state index in [1.807, 2.05) is 0 Å². The van der Waals surface area contributed by atoms with Crippen LogP contribution in [0.1, 0.15) is 24.4 Å². The SMILES string of the molecule is NC(=O)[C@H]1CCCN1[C@H](C(=O)O)c1c[nH]c2ccc(Cl)cc12. The Morgan fingerprint density at radius 1 is 1.45 bits per heavy atom. The third-order valence-electron chi connectivity index (χ3n) is 4.16. The van der Waals surface area contributed by atoms with Crippen LogP contribution in [-0.4, -0.2) is 39.5 Å². The fourth-order valence-corrected chi connectivity index (χ4v) is 3.37. The Kier molecular flexibility index (Phi) is 3.80. The van der Waals surface area contributed by atoms with Gasteiger partial charge >= 0.3 is 5.97 Å². The van der Waals surface area contributed by atoms with E-state index in [1.54, 1.807) is 29.3 Å². The van der Waals surface area contributed by atoms with Crippen LogP contribution < -0.4 is 5.73 Å².